The predicted molar refractivity (Wildman–Crippen MR) is 111 cm³/mol. The molecular weight excluding hydrogens is 386 g/mol. The lowest BCUT2D eigenvalue weighted by Gasteiger charge is -2.20. The van der Waals surface area contributed by atoms with Crippen molar-refractivity contribution in [2.24, 2.45) is 0 Å². The first-order valence-electron chi connectivity index (χ1n) is 9.41. The summed E-state index contributed by atoms with van der Waals surface area (Å²) in [6.45, 7) is 6.65. The van der Waals surface area contributed by atoms with Crippen LogP contribution in [-0.2, 0) is 9.53 Å². The number of benzene rings is 2. The molecule has 0 bridgehead atoms. The Kier molecular flexibility index (Phi) is 5.60. The van der Waals surface area contributed by atoms with Crippen molar-refractivity contribution in [1.82, 2.24) is 4.90 Å². The highest BCUT2D eigenvalue weighted by molar-refractivity contribution is 6.22. The van der Waals surface area contributed by atoms with Gasteiger partial charge < -0.3 is 10.1 Å². The van der Waals surface area contributed by atoms with E-state index < -0.39 is 36.0 Å². The highest BCUT2D eigenvalue weighted by atomic mass is 16.6. The van der Waals surface area contributed by atoms with Gasteiger partial charge in [0.05, 0.1) is 11.1 Å². The average molecular weight is 409 g/mol. The SMILES string of the molecule is Cc1ccc(NC(=O)OC(C)(C)C)cc1NC(=O)CN1C(=O)c2ccccc2C1=O. The van der Waals surface area contributed by atoms with Crippen molar-refractivity contribution < 1.29 is 23.9 Å². The lowest BCUT2D eigenvalue weighted by Crippen LogP contribution is -2.37. The summed E-state index contributed by atoms with van der Waals surface area (Å²) in [5.74, 6) is -1.52. The van der Waals surface area contributed by atoms with E-state index in [9.17, 15) is 19.2 Å². The fourth-order valence-electron chi connectivity index (χ4n) is 2.97. The molecule has 0 radical (unpaired) electrons. The molecule has 0 fully saturated rings. The van der Waals surface area contributed by atoms with Crippen LogP contribution in [0.25, 0.3) is 0 Å². The van der Waals surface area contributed by atoms with Crippen LogP contribution in [0.5, 0.6) is 0 Å². The molecule has 3 rings (SSSR count). The second-order valence-electron chi connectivity index (χ2n) is 7.95. The molecule has 156 valence electrons. The number of carbonyl (C=O) groups is 4. The monoisotopic (exact) mass is 409 g/mol. The number of carbonyl (C=O) groups excluding carboxylic acids is 4. The lowest BCUT2D eigenvalue weighted by molar-refractivity contribution is -0.116. The third-order valence-corrected chi connectivity index (χ3v) is 4.34. The number of nitrogens with zero attached hydrogens (tertiary/aromatic N) is 1. The first-order chi connectivity index (χ1) is 14.0. The number of hydrogen-bond donors (Lipinski definition) is 2. The molecule has 0 atom stereocenters. The van der Waals surface area contributed by atoms with Crippen LogP contribution in [0.3, 0.4) is 0 Å². The van der Waals surface area contributed by atoms with E-state index in [1.54, 1.807) is 70.2 Å². The minimum absolute atomic E-state index is 0.287. The van der Waals surface area contributed by atoms with Crippen molar-refractivity contribution in [2.45, 2.75) is 33.3 Å². The number of amides is 4. The maximum Gasteiger partial charge on any atom is 0.412 e. The standard InChI is InChI=1S/C22H23N3O5/c1-13-9-10-14(23-21(29)30-22(2,3)4)11-17(13)24-18(26)12-25-19(27)15-7-5-6-8-16(15)20(25)28/h5-11H,12H2,1-4H3,(H,23,29)(H,24,26). The smallest absolute Gasteiger partial charge is 0.412 e. The van der Waals surface area contributed by atoms with Gasteiger partial charge >= 0.3 is 6.09 Å². The molecule has 0 aromatic heterocycles. The van der Waals surface area contributed by atoms with Crippen molar-refractivity contribution in [2.75, 3.05) is 17.2 Å². The van der Waals surface area contributed by atoms with Crippen LogP contribution >= 0.6 is 0 Å². The first-order valence-corrected chi connectivity index (χ1v) is 9.41. The fraction of sp³-hybridized carbons (Fsp3) is 0.273. The molecule has 1 aliphatic rings. The van der Waals surface area contributed by atoms with Gasteiger partial charge in [0.15, 0.2) is 0 Å². The third kappa shape index (κ3) is 4.65. The van der Waals surface area contributed by atoms with E-state index >= 15 is 0 Å². The highest BCUT2D eigenvalue weighted by Gasteiger charge is 2.36. The zero-order valence-corrected chi connectivity index (χ0v) is 17.2. The first kappa shape index (κ1) is 21.0. The van der Waals surface area contributed by atoms with E-state index in [-0.39, 0.29) is 11.1 Å². The van der Waals surface area contributed by atoms with Crippen molar-refractivity contribution in [1.29, 1.82) is 0 Å². The van der Waals surface area contributed by atoms with Crippen molar-refractivity contribution in [3.05, 3.63) is 59.2 Å². The predicted octanol–water partition coefficient (Wildman–Crippen LogP) is 3.58. The van der Waals surface area contributed by atoms with E-state index in [4.69, 9.17) is 4.74 Å². The normalized spacial score (nSPS) is 13.1. The molecule has 0 unspecified atom stereocenters. The Hall–Kier alpha value is -3.68. The lowest BCUT2D eigenvalue weighted by atomic mass is 10.1. The minimum Gasteiger partial charge on any atom is -0.444 e. The average Bonchev–Trinajstić information content (AvgIpc) is 2.88. The summed E-state index contributed by atoms with van der Waals surface area (Å²) in [4.78, 5) is 50.2. The number of aryl methyl sites for hydroxylation is 1. The van der Waals surface area contributed by atoms with Crippen LogP contribution < -0.4 is 10.6 Å². The maximum atomic E-state index is 12.5. The fourth-order valence-corrected chi connectivity index (χ4v) is 2.97. The molecule has 8 nitrogen and oxygen atoms in total. The molecule has 2 N–H and O–H groups in total. The molecule has 0 aliphatic carbocycles. The molecule has 8 heteroatoms. The van der Waals surface area contributed by atoms with Gasteiger partial charge in [-0.25, -0.2) is 4.79 Å². The summed E-state index contributed by atoms with van der Waals surface area (Å²) in [6.07, 6.45) is -0.616. The summed E-state index contributed by atoms with van der Waals surface area (Å²) in [5, 5.41) is 5.30. The van der Waals surface area contributed by atoms with Crippen molar-refractivity contribution >= 4 is 35.2 Å². The minimum atomic E-state index is -0.641. The zero-order chi connectivity index (χ0) is 22.1. The maximum absolute atomic E-state index is 12.5. The number of fused-ring (bicyclic) bond motifs is 1. The Balaban J connectivity index is 1.68. The summed E-state index contributed by atoms with van der Waals surface area (Å²) in [5.41, 5.74) is 1.57. The van der Waals surface area contributed by atoms with Crippen LogP contribution in [0.2, 0.25) is 0 Å². The third-order valence-electron chi connectivity index (χ3n) is 4.34. The second kappa shape index (κ2) is 7.98. The van der Waals surface area contributed by atoms with E-state index in [2.05, 4.69) is 10.6 Å². The summed E-state index contributed by atoms with van der Waals surface area (Å²) in [6, 6.07) is 11.4. The Morgan fingerprint density at radius 1 is 0.967 bits per heavy atom. The van der Waals surface area contributed by atoms with Gasteiger partial charge in [-0.3, -0.25) is 24.6 Å². The number of ether oxygens (including phenoxy) is 1. The molecule has 30 heavy (non-hydrogen) atoms. The van der Waals surface area contributed by atoms with Crippen molar-refractivity contribution in [3.63, 3.8) is 0 Å². The highest BCUT2D eigenvalue weighted by Crippen LogP contribution is 2.24. The van der Waals surface area contributed by atoms with Gasteiger partial charge in [-0.15, -0.1) is 0 Å². The van der Waals surface area contributed by atoms with Crippen LogP contribution in [-0.4, -0.2) is 40.9 Å². The van der Waals surface area contributed by atoms with Crippen LogP contribution in [0.15, 0.2) is 42.5 Å². The van der Waals surface area contributed by atoms with Gasteiger partial charge in [0.1, 0.15) is 12.1 Å². The molecule has 4 amide bonds. The van der Waals surface area contributed by atoms with Crippen LogP contribution in [0.4, 0.5) is 16.2 Å². The number of anilines is 2. The van der Waals surface area contributed by atoms with Gasteiger partial charge in [-0.05, 0) is 57.5 Å². The Morgan fingerprint density at radius 2 is 1.57 bits per heavy atom. The van der Waals surface area contributed by atoms with Gasteiger partial charge in [0.2, 0.25) is 5.91 Å². The number of imide groups is 1. The second-order valence-corrected chi connectivity index (χ2v) is 7.95. The molecule has 2 aromatic carbocycles. The summed E-state index contributed by atoms with van der Waals surface area (Å²) < 4.78 is 5.22. The number of nitrogens with one attached hydrogen (secondary N) is 2. The summed E-state index contributed by atoms with van der Waals surface area (Å²) in [7, 11) is 0. The topological polar surface area (TPSA) is 105 Å². The molecule has 0 saturated heterocycles. The molecule has 1 heterocycles. The molecule has 0 spiro atoms. The van der Waals surface area contributed by atoms with Gasteiger partial charge in [-0.1, -0.05) is 18.2 Å². The van der Waals surface area contributed by atoms with Crippen LogP contribution in [0, 0.1) is 6.92 Å². The van der Waals surface area contributed by atoms with Crippen molar-refractivity contribution in [3.8, 4) is 0 Å². The molecule has 0 saturated carbocycles. The van der Waals surface area contributed by atoms with Gasteiger partial charge in [0, 0.05) is 11.4 Å². The molecular formula is C22H23N3O5. The Morgan fingerprint density at radius 3 is 2.13 bits per heavy atom. The van der Waals surface area contributed by atoms with E-state index in [0.29, 0.717) is 11.4 Å². The largest absolute Gasteiger partial charge is 0.444 e. The number of rotatable bonds is 4. The van der Waals surface area contributed by atoms with Gasteiger partial charge in [-0.2, -0.15) is 0 Å². The van der Waals surface area contributed by atoms with Crippen LogP contribution in [0.1, 0.15) is 47.1 Å². The number of hydrogen-bond acceptors (Lipinski definition) is 5. The van der Waals surface area contributed by atoms with E-state index in [1.807, 2.05) is 0 Å². The van der Waals surface area contributed by atoms with E-state index in [0.717, 1.165) is 10.5 Å². The Bertz CT molecular complexity index is 1000. The zero-order valence-electron chi connectivity index (χ0n) is 17.2. The van der Waals surface area contributed by atoms with E-state index in [1.165, 1.54) is 0 Å². The quantitative estimate of drug-likeness (QED) is 0.751. The molecule has 2 aromatic rings. The Labute approximate surface area is 174 Å². The molecule has 1 aliphatic heterocycles. The van der Waals surface area contributed by atoms with Gasteiger partial charge in [0.25, 0.3) is 11.8 Å². The summed E-state index contributed by atoms with van der Waals surface area (Å²) >= 11 is 0.